The summed E-state index contributed by atoms with van der Waals surface area (Å²) < 4.78 is 5.67. The van der Waals surface area contributed by atoms with Gasteiger partial charge in [-0.1, -0.05) is 18.6 Å². The van der Waals surface area contributed by atoms with Gasteiger partial charge in [0.05, 0.1) is 17.9 Å². The van der Waals surface area contributed by atoms with Gasteiger partial charge in [0.1, 0.15) is 5.75 Å². The van der Waals surface area contributed by atoms with Gasteiger partial charge in [-0.3, -0.25) is 9.59 Å². The number of rotatable bonds is 5. The Kier molecular flexibility index (Phi) is 4.52. The molecule has 3 rings (SSSR count). The second kappa shape index (κ2) is 6.46. The van der Waals surface area contributed by atoms with E-state index >= 15 is 0 Å². The third kappa shape index (κ3) is 3.12. The molecule has 0 spiro atoms. The molecular weight excluding hydrogens is 306 g/mol. The third-order valence-corrected chi connectivity index (χ3v) is 5.27. The molecule has 1 aromatic carbocycles. The van der Waals surface area contributed by atoms with Gasteiger partial charge < -0.3 is 14.7 Å². The number of benzene rings is 1. The number of hydrogen-bond donors (Lipinski definition) is 1. The lowest BCUT2D eigenvalue weighted by Crippen LogP contribution is -2.37. The summed E-state index contributed by atoms with van der Waals surface area (Å²) in [6, 6.07) is 7.57. The van der Waals surface area contributed by atoms with Crippen molar-refractivity contribution < 1.29 is 19.4 Å². The van der Waals surface area contributed by atoms with Gasteiger partial charge in [-0.25, -0.2) is 0 Å². The zero-order valence-corrected chi connectivity index (χ0v) is 14.3. The van der Waals surface area contributed by atoms with Gasteiger partial charge in [-0.2, -0.15) is 0 Å². The average Bonchev–Trinajstić information content (AvgIpc) is 3.04. The second-order valence-corrected chi connectivity index (χ2v) is 7.32. The highest BCUT2D eigenvalue weighted by Crippen LogP contribution is 2.48. The Morgan fingerprint density at radius 3 is 2.88 bits per heavy atom. The van der Waals surface area contributed by atoms with E-state index in [0.717, 1.165) is 24.2 Å². The molecule has 130 valence electrons. The average molecular weight is 331 g/mol. The topological polar surface area (TPSA) is 66.8 Å². The Morgan fingerprint density at radius 2 is 2.21 bits per heavy atom. The summed E-state index contributed by atoms with van der Waals surface area (Å²) in [7, 11) is 0. The lowest BCUT2D eigenvalue weighted by atomic mass is 9.81. The van der Waals surface area contributed by atoms with Gasteiger partial charge in [-0.05, 0) is 50.3 Å². The number of fused-ring (bicyclic) bond motifs is 1. The van der Waals surface area contributed by atoms with Crippen LogP contribution in [-0.2, 0) is 16.0 Å². The van der Waals surface area contributed by atoms with E-state index in [1.807, 2.05) is 38.1 Å². The molecule has 1 heterocycles. The highest BCUT2D eigenvalue weighted by Gasteiger charge is 2.55. The van der Waals surface area contributed by atoms with Crippen LogP contribution in [0.4, 0.5) is 0 Å². The Balaban J connectivity index is 1.67. The number of carbonyl (C=O) groups excluding carboxylic acids is 1. The Morgan fingerprint density at radius 1 is 1.42 bits per heavy atom. The SMILES string of the molecule is CC(C)Oc1cccc(CC(=O)N2C[C@@H]3CCC[C@@]3(C(=O)O)C2)c1. The number of likely N-dealkylation sites (tertiary alicyclic amines) is 1. The molecule has 1 aromatic rings. The summed E-state index contributed by atoms with van der Waals surface area (Å²) in [5.41, 5.74) is 0.192. The number of ether oxygens (including phenoxy) is 1. The monoisotopic (exact) mass is 331 g/mol. The number of nitrogens with zero attached hydrogens (tertiary/aromatic N) is 1. The maximum atomic E-state index is 12.6. The predicted molar refractivity (Wildman–Crippen MR) is 89.9 cm³/mol. The van der Waals surface area contributed by atoms with E-state index in [4.69, 9.17) is 4.74 Å². The number of amides is 1. The summed E-state index contributed by atoms with van der Waals surface area (Å²) >= 11 is 0. The first-order valence-corrected chi connectivity index (χ1v) is 8.67. The zero-order chi connectivity index (χ0) is 17.3. The fourth-order valence-corrected chi connectivity index (χ4v) is 4.12. The summed E-state index contributed by atoms with van der Waals surface area (Å²) in [5, 5.41) is 9.63. The molecule has 2 fully saturated rings. The van der Waals surface area contributed by atoms with Gasteiger partial charge in [0, 0.05) is 13.1 Å². The van der Waals surface area contributed by atoms with Gasteiger partial charge in [0.15, 0.2) is 0 Å². The minimum Gasteiger partial charge on any atom is -0.491 e. The van der Waals surface area contributed by atoms with E-state index in [0.29, 0.717) is 19.5 Å². The van der Waals surface area contributed by atoms with Crippen molar-refractivity contribution >= 4 is 11.9 Å². The molecule has 1 amide bonds. The molecule has 0 unspecified atom stereocenters. The second-order valence-electron chi connectivity index (χ2n) is 7.32. The minimum atomic E-state index is -0.743. The van der Waals surface area contributed by atoms with Crippen LogP contribution >= 0.6 is 0 Å². The first kappa shape index (κ1) is 16.8. The van der Waals surface area contributed by atoms with Gasteiger partial charge in [0.2, 0.25) is 5.91 Å². The predicted octanol–water partition coefficient (Wildman–Crippen LogP) is 2.73. The highest BCUT2D eigenvalue weighted by molar-refractivity contribution is 5.82. The van der Waals surface area contributed by atoms with Crippen molar-refractivity contribution in [2.45, 2.75) is 45.6 Å². The Labute approximate surface area is 142 Å². The van der Waals surface area contributed by atoms with Crippen LogP contribution < -0.4 is 4.74 Å². The standard InChI is InChI=1S/C19H25NO4/c1-13(2)24-16-7-3-5-14(9-16)10-17(21)20-11-15-6-4-8-19(15,12-20)18(22)23/h3,5,7,9,13,15H,4,6,8,10-12H2,1-2H3,(H,22,23)/t15-,19+/m0/s1. The van der Waals surface area contributed by atoms with Crippen LogP contribution in [0.5, 0.6) is 5.75 Å². The van der Waals surface area contributed by atoms with E-state index in [-0.39, 0.29) is 24.3 Å². The van der Waals surface area contributed by atoms with Crippen molar-refractivity contribution in [1.29, 1.82) is 0 Å². The van der Waals surface area contributed by atoms with Crippen molar-refractivity contribution in [3.8, 4) is 5.75 Å². The normalized spacial score (nSPS) is 25.8. The number of carboxylic acids is 1. The maximum absolute atomic E-state index is 12.6. The molecule has 24 heavy (non-hydrogen) atoms. The van der Waals surface area contributed by atoms with Crippen LogP contribution in [0.15, 0.2) is 24.3 Å². The minimum absolute atomic E-state index is 0.00622. The number of carbonyl (C=O) groups is 2. The van der Waals surface area contributed by atoms with Crippen LogP contribution in [0.25, 0.3) is 0 Å². The lowest BCUT2D eigenvalue weighted by Gasteiger charge is -2.23. The largest absolute Gasteiger partial charge is 0.491 e. The summed E-state index contributed by atoms with van der Waals surface area (Å²) in [5.74, 6) is 0.129. The van der Waals surface area contributed by atoms with Gasteiger partial charge in [-0.15, -0.1) is 0 Å². The lowest BCUT2D eigenvalue weighted by molar-refractivity contribution is -0.149. The molecule has 0 bridgehead atoms. The highest BCUT2D eigenvalue weighted by atomic mass is 16.5. The summed E-state index contributed by atoms with van der Waals surface area (Å²) in [6.07, 6.45) is 2.93. The third-order valence-electron chi connectivity index (χ3n) is 5.27. The van der Waals surface area contributed by atoms with Crippen LogP contribution in [0.2, 0.25) is 0 Å². The van der Waals surface area contributed by atoms with Crippen molar-refractivity contribution in [1.82, 2.24) is 4.90 Å². The molecule has 1 aliphatic heterocycles. The maximum Gasteiger partial charge on any atom is 0.311 e. The van der Waals surface area contributed by atoms with Crippen molar-refractivity contribution in [2.75, 3.05) is 13.1 Å². The first-order valence-electron chi connectivity index (χ1n) is 8.67. The van der Waals surface area contributed by atoms with Crippen molar-refractivity contribution in [3.63, 3.8) is 0 Å². The van der Waals surface area contributed by atoms with E-state index in [2.05, 4.69) is 0 Å². The van der Waals surface area contributed by atoms with Crippen LogP contribution in [-0.4, -0.2) is 41.1 Å². The van der Waals surface area contributed by atoms with Gasteiger partial charge >= 0.3 is 5.97 Å². The smallest absolute Gasteiger partial charge is 0.311 e. The quantitative estimate of drug-likeness (QED) is 0.901. The molecular formula is C19H25NO4. The molecule has 0 aromatic heterocycles. The van der Waals surface area contributed by atoms with Crippen LogP contribution in [0.3, 0.4) is 0 Å². The molecule has 1 saturated carbocycles. The number of hydrogen-bond acceptors (Lipinski definition) is 3. The number of aliphatic carboxylic acids is 1. The van der Waals surface area contributed by atoms with Crippen molar-refractivity contribution in [3.05, 3.63) is 29.8 Å². The molecule has 2 atom stereocenters. The first-order chi connectivity index (χ1) is 11.4. The van der Waals surface area contributed by atoms with E-state index in [1.165, 1.54) is 0 Å². The summed E-state index contributed by atoms with van der Waals surface area (Å²) in [4.78, 5) is 26.1. The summed E-state index contributed by atoms with van der Waals surface area (Å²) in [6.45, 7) is 4.86. The van der Waals surface area contributed by atoms with Crippen molar-refractivity contribution in [2.24, 2.45) is 11.3 Å². The zero-order valence-electron chi connectivity index (χ0n) is 14.3. The van der Waals surface area contributed by atoms with Gasteiger partial charge in [0.25, 0.3) is 0 Å². The molecule has 0 radical (unpaired) electrons. The molecule has 5 heteroatoms. The number of carboxylic acid groups (broad SMARTS) is 1. The van der Waals surface area contributed by atoms with E-state index < -0.39 is 11.4 Å². The molecule has 2 aliphatic rings. The molecule has 1 N–H and O–H groups in total. The van der Waals surface area contributed by atoms with Crippen LogP contribution in [0.1, 0.15) is 38.7 Å². The molecule has 1 aliphatic carbocycles. The van der Waals surface area contributed by atoms with E-state index in [9.17, 15) is 14.7 Å². The molecule has 1 saturated heterocycles. The Hall–Kier alpha value is -2.04. The fraction of sp³-hybridized carbons (Fsp3) is 0.579. The van der Waals surface area contributed by atoms with E-state index in [1.54, 1.807) is 4.90 Å². The molecule has 5 nitrogen and oxygen atoms in total. The Bertz CT molecular complexity index is 642. The van der Waals surface area contributed by atoms with Crippen LogP contribution in [0, 0.1) is 11.3 Å². The fourth-order valence-electron chi connectivity index (χ4n) is 4.12.